The zero-order valence-corrected chi connectivity index (χ0v) is 16.9. The highest BCUT2D eigenvalue weighted by Crippen LogP contribution is 2.26. The van der Waals surface area contributed by atoms with Gasteiger partial charge in [-0.15, -0.1) is 0 Å². The second-order valence-corrected chi connectivity index (χ2v) is 8.11. The number of furan rings is 1. The minimum Gasteiger partial charge on any atom is -0.545 e. The van der Waals surface area contributed by atoms with Crippen molar-refractivity contribution >= 4 is 39.4 Å². The molecule has 0 N–H and O–H groups in total. The fourth-order valence-corrected chi connectivity index (χ4v) is 4.47. The van der Waals surface area contributed by atoms with E-state index in [0.717, 1.165) is 22.2 Å². The van der Waals surface area contributed by atoms with Crippen LogP contribution in [0.4, 0.5) is 0 Å². The van der Waals surface area contributed by atoms with Crippen LogP contribution in [-0.4, -0.2) is 15.4 Å². The second-order valence-electron chi connectivity index (χ2n) is 7.11. The molecule has 0 fully saturated rings. The van der Waals surface area contributed by atoms with E-state index in [1.807, 2.05) is 26.0 Å². The quantitative estimate of drug-likeness (QED) is 0.452. The molecule has 0 amide bonds. The Balaban J connectivity index is 1.63. The maximum atomic E-state index is 13.0. The molecule has 7 heteroatoms. The van der Waals surface area contributed by atoms with E-state index < -0.39 is 5.97 Å². The molecule has 0 aliphatic rings. The Morgan fingerprint density at radius 3 is 2.70 bits per heavy atom. The number of benzene rings is 2. The van der Waals surface area contributed by atoms with Crippen molar-refractivity contribution in [3.8, 4) is 11.3 Å². The van der Waals surface area contributed by atoms with Gasteiger partial charge in [0.1, 0.15) is 16.1 Å². The van der Waals surface area contributed by atoms with Gasteiger partial charge in [0.25, 0.3) is 5.56 Å². The first-order chi connectivity index (χ1) is 14.4. The lowest BCUT2D eigenvalue weighted by Gasteiger charge is -2.07. The summed E-state index contributed by atoms with van der Waals surface area (Å²) in [5.41, 5.74) is 4.14. The molecule has 0 saturated carbocycles. The normalized spacial score (nSPS) is 12.3. The number of nitrogens with zero attached hydrogens (tertiary/aromatic N) is 2. The molecule has 0 atom stereocenters. The molecule has 0 radical (unpaired) electrons. The molecule has 0 aliphatic heterocycles. The molecular formula is C23H15N2O4S-. The number of imidazole rings is 1. The van der Waals surface area contributed by atoms with Gasteiger partial charge < -0.3 is 14.3 Å². The Labute approximate surface area is 174 Å². The molecule has 5 rings (SSSR count). The average Bonchev–Trinajstić information content (AvgIpc) is 3.39. The molecule has 0 unspecified atom stereocenters. The zero-order valence-electron chi connectivity index (χ0n) is 16.1. The van der Waals surface area contributed by atoms with Gasteiger partial charge in [0.05, 0.1) is 17.0 Å². The van der Waals surface area contributed by atoms with Gasteiger partial charge in [-0.1, -0.05) is 35.6 Å². The molecule has 3 aromatic heterocycles. The van der Waals surface area contributed by atoms with Crippen molar-refractivity contribution in [1.82, 2.24) is 9.38 Å². The van der Waals surface area contributed by atoms with Crippen LogP contribution in [0.3, 0.4) is 0 Å². The molecule has 30 heavy (non-hydrogen) atoms. The number of carboxylic acids is 1. The third kappa shape index (κ3) is 2.83. The Kier molecular flexibility index (Phi) is 4.08. The van der Waals surface area contributed by atoms with E-state index in [-0.39, 0.29) is 11.1 Å². The van der Waals surface area contributed by atoms with Gasteiger partial charge in [0.2, 0.25) is 0 Å². The number of carbonyl (C=O) groups excluding carboxylic acids is 1. The number of aryl methyl sites for hydroxylation is 2. The van der Waals surface area contributed by atoms with Gasteiger partial charge in [-0.3, -0.25) is 4.79 Å². The van der Waals surface area contributed by atoms with Crippen LogP contribution in [0.25, 0.3) is 33.4 Å². The standard InChI is InChI=1S/C23H16N2O4S/c1-12-9-17-18(10-13(12)2)25-21(26)20(30-23(25)24-17)11-14-7-8-19(29-14)15-5-3-4-6-16(15)22(27)28/h3-11H,1-2H3,(H,27,28)/p-1/b20-11+. The lowest BCUT2D eigenvalue weighted by atomic mass is 10.1. The van der Waals surface area contributed by atoms with Crippen molar-refractivity contribution in [2.24, 2.45) is 0 Å². The van der Waals surface area contributed by atoms with E-state index in [1.165, 1.54) is 17.4 Å². The highest BCUT2D eigenvalue weighted by Gasteiger charge is 2.13. The Hall–Kier alpha value is -3.71. The second kappa shape index (κ2) is 6.67. The number of fused-ring (bicyclic) bond motifs is 3. The monoisotopic (exact) mass is 415 g/mol. The van der Waals surface area contributed by atoms with E-state index in [2.05, 4.69) is 4.98 Å². The SMILES string of the molecule is Cc1cc2nc3s/c(=C/c4ccc(-c5ccccc5C(=O)[O-])o4)c(=O)n3c2cc1C. The van der Waals surface area contributed by atoms with Gasteiger partial charge >= 0.3 is 0 Å². The summed E-state index contributed by atoms with van der Waals surface area (Å²) in [6, 6.07) is 13.8. The van der Waals surface area contributed by atoms with Crippen LogP contribution in [0.5, 0.6) is 0 Å². The molecule has 0 bridgehead atoms. The first-order valence-corrected chi connectivity index (χ1v) is 10.1. The molecule has 0 saturated heterocycles. The largest absolute Gasteiger partial charge is 0.545 e. The van der Waals surface area contributed by atoms with Gasteiger partial charge in [-0.05, 0) is 49.2 Å². The predicted molar refractivity (Wildman–Crippen MR) is 114 cm³/mol. The molecule has 5 aromatic rings. The number of thiazole rings is 1. The van der Waals surface area contributed by atoms with Crippen LogP contribution in [0.1, 0.15) is 27.2 Å². The Morgan fingerprint density at radius 2 is 1.90 bits per heavy atom. The summed E-state index contributed by atoms with van der Waals surface area (Å²) in [5, 5.41) is 11.3. The highest BCUT2D eigenvalue weighted by atomic mass is 32.1. The van der Waals surface area contributed by atoms with E-state index in [4.69, 9.17) is 4.42 Å². The van der Waals surface area contributed by atoms with Gasteiger partial charge in [0, 0.05) is 17.2 Å². The number of rotatable bonds is 3. The van der Waals surface area contributed by atoms with Crippen LogP contribution in [-0.2, 0) is 0 Å². The maximum Gasteiger partial charge on any atom is 0.275 e. The van der Waals surface area contributed by atoms with Crippen LogP contribution in [0.15, 0.2) is 57.7 Å². The van der Waals surface area contributed by atoms with E-state index >= 15 is 0 Å². The van der Waals surface area contributed by atoms with Crippen molar-refractivity contribution in [3.05, 3.63) is 85.9 Å². The number of carboxylic acid groups (broad SMARTS) is 1. The molecule has 0 spiro atoms. The fourth-order valence-electron chi connectivity index (χ4n) is 3.50. The summed E-state index contributed by atoms with van der Waals surface area (Å²) < 4.78 is 7.92. The summed E-state index contributed by atoms with van der Waals surface area (Å²) in [4.78, 5) is 29.6. The zero-order chi connectivity index (χ0) is 21.0. The molecule has 6 nitrogen and oxygen atoms in total. The van der Waals surface area contributed by atoms with Crippen molar-refractivity contribution in [2.45, 2.75) is 13.8 Å². The summed E-state index contributed by atoms with van der Waals surface area (Å²) in [7, 11) is 0. The highest BCUT2D eigenvalue weighted by molar-refractivity contribution is 7.15. The summed E-state index contributed by atoms with van der Waals surface area (Å²) in [5.74, 6) is -0.422. The van der Waals surface area contributed by atoms with Crippen molar-refractivity contribution < 1.29 is 14.3 Å². The van der Waals surface area contributed by atoms with Gasteiger partial charge in [-0.2, -0.15) is 0 Å². The summed E-state index contributed by atoms with van der Waals surface area (Å²) >= 11 is 1.29. The van der Waals surface area contributed by atoms with Crippen molar-refractivity contribution in [3.63, 3.8) is 0 Å². The average molecular weight is 415 g/mol. The Bertz CT molecular complexity index is 1570. The summed E-state index contributed by atoms with van der Waals surface area (Å²) in [6.45, 7) is 4.03. The lowest BCUT2D eigenvalue weighted by molar-refractivity contribution is -0.254. The third-order valence-corrected chi connectivity index (χ3v) is 6.14. The maximum absolute atomic E-state index is 13.0. The van der Waals surface area contributed by atoms with Crippen LogP contribution >= 0.6 is 11.3 Å². The Morgan fingerprint density at radius 1 is 1.13 bits per heavy atom. The first-order valence-electron chi connectivity index (χ1n) is 9.27. The number of hydrogen-bond acceptors (Lipinski definition) is 6. The third-order valence-electron chi connectivity index (χ3n) is 5.17. The van der Waals surface area contributed by atoms with Crippen LogP contribution < -0.4 is 15.2 Å². The fraction of sp³-hybridized carbons (Fsp3) is 0.0870. The molecule has 3 heterocycles. The van der Waals surface area contributed by atoms with Crippen LogP contribution in [0, 0.1) is 13.8 Å². The predicted octanol–water partition coefficient (Wildman–Crippen LogP) is 2.70. The first kappa shape index (κ1) is 18.3. The van der Waals surface area contributed by atoms with E-state index in [9.17, 15) is 14.7 Å². The number of hydrogen-bond donors (Lipinski definition) is 0. The van der Waals surface area contributed by atoms with E-state index in [0.29, 0.717) is 26.6 Å². The number of carbonyl (C=O) groups is 1. The van der Waals surface area contributed by atoms with Gasteiger partial charge in [0.15, 0.2) is 4.96 Å². The van der Waals surface area contributed by atoms with Crippen molar-refractivity contribution in [1.29, 1.82) is 0 Å². The topological polar surface area (TPSA) is 87.6 Å². The number of aromatic nitrogens is 2. The molecule has 148 valence electrons. The molecule has 2 aromatic carbocycles. The minimum absolute atomic E-state index is 0.0506. The lowest BCUT2D eigenvalue weighted by Crippen LogP contribution is -2.22. The van der Waals surface area contributed by atoms with Gasteiger partial charge in [-0.25, -0.2) is 9.38 Å². The summed E-state index contributed by atoms with van der Waals surface area (Å²) in [6.07, 6.45) is 1.65. The van der Waals surface area contributed by atoms with E-state index in [1.54, 1.807) is 40.8 Å². The smallest absolute Gasteiger partial charge is 0.275 e. The van der Waals surface area contributed by atoms with Crippen molar-refractivity contribution in [2.75, 3.05) is 0 Å². The minimum atomic E-state index is -1.27. The molecular weight excluding hydrogens is 400 g/mol. The molecule has 0 aliphatic carbocycles. The number of aromatic carboxylic acids is 1. The van der Waals surface area contributed by atoms with Crippen LogP contribution in [0.2, 0.25) is 0 Å².